The SMILES string of the molecule is CC1CCC2(C)C(CCC3C4CCC(C)C4(C)CCC32)C1.CCOC(=O)CN1CCOCC1.O=CO. The Hall–Kier alpha value is -1.14. The summed E-state index contributed by atoms with van der Waals surface area (Å²) in [4.78, 5) is 21.4. The number of ether oxygens (including phenoxy) is 2. The Morgan fingerprint density at radius 2 is 1.64 bits per heavy atom. The molecule has 4 saturated carbocycles. The second kappa shape index (κ2) is 13.1. The van der Waals surface area contributed by atoms with Gasteiger partial charge in [0.2, 0.25) is 0 Å². The average molecular weight is 508 g/mol. The Kier molecular flexibility index (Phi) is 10.7. The molecule has 0 aromatic carbocycles. The van der Waals surface area contributed by atoms with E-state index in [1.807, 2.05) is 11.8 Å². The van der Waals surface area contributed by atoms with E-state index in [4.69, 9.17) is 19.4 Å². The maximum Gasteiger partial charge on any atom is 0.320 e. The van der Waals surface area contributed by atoms with Crippen LogP contribution >= 0.6 is 0 Å². The lowest BCUT2D eigenvalue weighted by molar-refractivity contribution is -0.145. The zero-order chi connectivity index (χ0) is 26.3. The van der Waals surface area contributed by atoms with Gasteiger partial charge in [0.25, 0.3) is 6.47 Å². The van der Waals surface area contributed by atoms with Crippen LogP contribution in [0.2, 0.25) is 0 Å². The van der Waals surface area contributed by atoms with E-state index in [0.29, 0.717) is 24.0 Å². The molecule has 0 aromatic heterocycles. The van der Waals surface area contributed by atoms with Crippen LogP contribution in [0.25, 0.3) is 0 Å². The maximum absolute atomic E-state index is 11.0. The first-order valence-corrected chi connectivity index (χ1v) is 14.7. The predicted octanol–water partition coefficient (Wildman–Crippen LogP) is 5.88. The minimum Gasteiger partial charge on any atom is -0.483 e. The number of hydrogen-bond acceptors (Lipinski definition) is 5. The molecule has 5 rings (SSSR count). The van der Waals surface area contributed by atoms with Crippen molar-refractivity contribution in [2.45, 2.75) is 92.4 Å². The molecule has 1 aliphatic heterocycles. The first-order chi connectivity index (χ1) is 17.2. The van der Waals surface area contributed by atoms with Crippen molar-refractivity contribution in [1.29, 1.82) is 0 Å². The highest BCUT2D eigenvalue weighted by molar-refractivity contribution is 5.71. The largest absolute Gasteiger partial charge is 0.483 e. The van der Waals surface area contributed by atoms with Gasteiger partial charge in [0, 0.05) is 13.1 Å². The molecule has 0 spiro atoms. The van der Waals surface area contributed by atoms with Crippen molar-refractivity contribution in [3.63, 3.8) is 0 Å². The average Bonchev–Trinajstić information content (AvgIpc) is 3.16. The van der Waals surface area contributed by atoms with Gasteiger partial charge in [-0.2, -0.15) is 0 Å². The molecule has 1 N–H and O–H groups in total. The highest BCUT2D eigenvalue weighted by Crippen LogP contribution is 2.67. The Balaban J connectivity index is 0.000000205. The Labute approximate surface area is 219 Å². The van der Waals surface area contributed by atoms with E-state index in [1.165, 1.54) is 25.7 Å². The molecule has 6 nitrogen and oxygen atoms in total. The normalized spacial score (nSPS) is 41.7. The third kappa shape index (κ3) is 6.46. The molecular weight excluding hydrogens is 454 g/mol. The second-order valence-corrected chi connectivity index (χ2v) is 12.9. The standard InChI is InChI=1S/C21H36.C8H15NO3.CH2O2/c1-14-9-11-21(4)16(13-14)6-7-17-18-8-5-15(2)20(18,3)12-10-19(17)21;1-2-12-8(10)7-9-3-5-11-6-4-9;2-1-3/h14-19H,5-13H2,1-4H3;2-7H2,1H3;1H,(H,2,3). The third-order valence-corrected chi connectivity index (χ3v) is 11.2. The van der Waals surface area contributed by atoms with Crippen LogP contribution in [0.4, 0.5) is 0 Å². The summed E-state index contributed by atoms with van der Waals surface area (Å²) in [6.45, 7) is 16.0. The molecule has 8 unspecified atom stereocenters. The molecule has 5 aliphatic rings. The van der Waals surface area contributed by atoms with Gasteiger partial charge in [-0.3, -0.25) is 14.5 Å². The zero-order valence-corrected chi connectivity index (χ0v) is 23.7. The van der Waals surface area contributed by atoms with Gasteiger partial charge in [0.15, 0.2) is 0 Å². The van der Waals surface area contributed by atoms with Gasteiger partial charge in [0.05, 0.1) is 26.4 Å². The first-order valence-electron chi connectivity index (χ1n) is 14.7. The van der Waals surface area contributed by atoms with Gasteiger partial charge in [-0.15, -0.1) is 0 Å². The Morgan fingerprint density at radius 1 is 1.00 bits per heavy atom. The minimum absolute atomic E-state index is 0.139. The highest BCUT2D eigenvalue weighted by atomic mass is 16.5. The van der Waals surface area contributed by atoms with E-state index in [-0.39, 0.29) is 12.4 Å². The fraction of sp³-hybridized carbons (Fsp3) is 0.933. The van der Waals surface area contributed by atoms with Gasteiger partial charge in [-0.05, 0) is 105 Å². The van der Waals surface area contributed by atoms with E-state index < -0.39 is 0 Å². The maximum atomic E-state index is 11.0. The molecule has 0 radical (unpaired) electrons. The molecule has 6 heteroatoms. The lowest BCUT2D eigenvalue weighted by Crippen LogP contribution is -2.53. The van der Waals surface area contributed by atoms with Gasteiger partial charge < -0.3 is 14.6 Å². The molecular formula is C30H53NO5. The molecule has 1 heterocycles. The smallest absolute Gasteiger partial charge is 0.320 e. The van der Waals surface area contributed by atoms with Gasteiger partial charge in [-0.25, -0.2) is 0 Å². The van der Waals surface area contributed by atoms with Crippen LogP contribution in [-0.4, -0.2) is 61.9 Å². The number of morpholine rings is 1. The number of nitrogens with zero attached hydrogens (tertiary/aromatic N) is 1. The number of hydrogen-bond donors (Lipinski definition) is 1. The summed E-state index contributed by atoms with van der Waals surface area (Å²) < 4.78 is 9.97. The summed E-state index contributed by atoms with van der Waals surface area (Å²) in [5.41, 5.74) is 1.41. The fourth-order valence-corrected chi connectivity index (χ4v) is 8.88. The quantitative estimate of drug-likeness (QED) is 0.379. The number of carboxylic acid groups (broad SMARTS) is 1. The molecule has 8 atom stereocenters. The number of carbonyl (C=O) groups is 2. The van der Waals surface area contributed by atoms with E-state index in [0.717, 1.165) is 61.8 Å². The van der Waals surface area contributed by atoms with Crippen molar-refractivity contribution in [3.8, 4) is 0 Å². The zero-order valence-electron chi connectivity index (χ0n) is 23.7. The van der Waals surface area contributed by atoms with E-state index in [1.54, 1.807) is 32.1 Å². The van der Waals surface area contributed by atoms with Crippen LogP contribution < -0.4 is 0 Å². The predicted molar refractivity (Wildman–Crippen MR) is 143 cm³/mol. The number of fused-ring (bicyclic) bond motifs is 5. The topological polar surface area (TPSA) is 76.1 Å². The van der Waals surface area contributed by atoms with Crippen molar-refractivity contribution in [2.24, 2.45) is 46.3 Å². The second-order valence-electron chi connectivity index (χ2n) is 12.9. The molecule has 5 fully saturated rings. The summed E-state index contributed by atoms with van der Waals surface area (Å²) in [5, 5.41) is 6.89. The fourth-order valence-electron chi connectivity index (χ4n) is 8.88. The van der Waals surface area contributed by atoms with E-state index in [2.05, 4.69) is 27.7 Å². The number of carbonyl (C=O) groups excluding carboxylic acids is 1. The van der Waals surface area contributed by atoms with Crippen LogP contribution in [-0.2, 0) is 19.1 Å². The van der Waals surface area contributed by atoms with Crippen molar-refractivity contribution < 1.29 is 24.2 Å². The van der Waals surface area contributed by atoms with Crippen LogP contribution in [0.1, 0.15) is 92.4 Å². The summed E-state index contributed by atoms with van der Waals surface area (Å²) >= 11 is 0. The lowest BCUT2D eigenvalue weighted by atomic mass is 9.44. The molecule has 208 valence electrons. The van der Waals surface area contributed by atoms with Crippen molar-refractivity contribution in [2.75, 3.05) is 39.5 Å². The third-order valence-electron chi connectivity index (χ3n) is 11.2. The monoisotopic (exact) mass is 507 g/mol. The van der Waals surface area contributed by atoms with Crippen molar-refractivity contribution in [3.05, 3.63) is 0 Å². The van der Waals surface area contributed by atoms with E-state index in [9.17, 15) is 4.79 Å². The Morgan fingerprint density at radius 3 is 2.31 bits per heavy atom. The first kappa shape index (κ1) is 29.4. The highest BCUT2D eigenvalue weighted by Gasteiger charge is 2.59. The van der Waals surface area contributed by atoms with Crippen LogP contribution in [0.3, 0.4) is 0 Å². The summed E-state index contributed by atoms with van der Waals surface area (Å²) in [6.07, 6.45) is 13.9. The lowest BCUT2D eigenvalue weighted by Gasteiger charge is -2.61. The molecule has 0 bridgehead atoms. The van der Waals surface area contributed by atoms with Crippen molar-refractivity contribution in [1.82, 2.24) is 4.90 Å². The van der Waals surface area contributed by atoms with Crippen molar-refractivity contribution >= 4 is 12.4 Å². The molecule has 36 heavy (non-hydrogen) atoms. The molecule has 4 aliphatic carbocycles. The van der Waals surface area contributed by atoms with Gasteiger partial charge in [0.1, 0.15) is 0 Å². The minimum atomic E-state index is -0.250. The summed E-state index contributed by atoms with van der Waals surface area (Å²) in [7, 11) is 0. The van der Waals surface area contributed by atoms with Crippen LogP contribution in [0.5, 0.6) is 0 Å². The van der Waals surface area contributed by atoms with Gasteiger partial charge >= 0.3 is 5.97 Å². The molecule has 0 amide bonds. The number of rotatable bonds is 3. The van der Waals surface area contributed by atoms with Crippen LogP contribution in [0, 0.1) is 46.3 Å². The van der Waals surface area contributed by atoms with Crippen LogP contribution in [0.15, 0.2) is 0 Å². The summed E-state index contributed by atoms with van der Waals surface area (Å²) in [5.74, 6) is 6.14. The van der Waals surface area contributed by atoms with Gasteiger partial charge in [-0.1, -0.05) is 34.1 Å². The summed E-state index contributed by atoms with van der Waals surface area (Å²) in [6, 6.07) is 0. The Bertz CT molecular complexity index is 709. The molecule has 1 saturated heterocycles. The van der Waals surface area contributed by atoms with E-state index >= 15 is 0 Å². The molecule has 0 aromatic rings. The number of esters is 1.